The molecule has 19 heavy (non-hydrogen) atoms. The molecule has 1 unspecified atom stereocenters. The number of aliphatic imine (C=N–C) groups is 1. The van der Waals surface area contributed by atoms with Crippen molar-refractivity contribution in [3.63, 3.8) is 0 Å². The van der Waals surface area contributed by atoms with Gasteiger partial charge in [0.25, 0.3) is 0 Å². The molecular weight excluding hydrogens is 266 g/mol. The number of para-hydroxylation sites is 1. The second kappa shape index (κ2) is 6.37. The summed E-state index contributed by atoms with van der Waals surface area (Å²) in [4.78, 5) is 4.35. The first-order valence-corrected chi connectivity index (χ1v) is 7.45. The predicted molar refractivity (Wildman–Crippen MR) is 77.7 cm³/mol. The summed E-state index contributed by atoms with van der Waals surface area (Å²) in [6, 6.07) is 3.83. The average molecular weight is 284 g/mol. The number of anilines is 1. The molecule has 0 bridgehead atoms. The lowest BCUT2D eigenvalue weighted by molar-refractivity contribution is 0.479. The Kier molecular flexibility index (Phi) is 4.80. The van der Waals surface area contributed by atoms with E-state index in [2.05, 4.69) is 24.2 Å². The van der Waals surface area contributed by atoms with Gasteiger partial charge in [0.05, 0.1) is 6.54 Å². The lowest BCUT2D eigenvalue weighted by Gasteiger charge is -2.18. The fourth-order valence-electron chi connectivity index (χ4n) is 2.24. The Balaban J connectivity index is 2.02. The fourth-order valence-corrected chi connectivity index (χ4v) is 3.57. The maximum atomic E-state index is 13.5. The molecule has 104 valence electrons. The van der Waals surface area contributed by atoms with Crippen LogP contribution in [0, 0.1) is 17.6 Å². The molecule has 1 aliphatic rings. The third-order valence-corrected chi connectivity index (χ3v) is 4.74. The molecule has 0 aliphatic carbocycles. The minimum Gasteiger partial charge on any atom is -0.330 e. The van der Waals surface area contributed by atoms with E-state index in [-0.39, 0.29) is 5.69 Å². The number of rotatable bonds is 4. The molecule has 1 atom stereocenters. The Bertz CT molecular complexity index is 452. The second-order valence-electron chi connectivity index (χ2n) is 4.60. The molecule has 0 radical (unpaired) electrons. The van der Waals surface area contributed by atoms with Crippen LogP contribution in [-0.2, 0) is 0 Å². The van der Waals surface area contributed by atoms with Crippen LogP contribution in [0.5, 0.6) is 0 Å². The van der Waals surface area contributed by atoms with Gasteiger partial charge in [-0.15, -0.1) is 0 Å². The molecule has 5 heteroatoms. The van der Waals surface area contributed by atoms with E-state index < -0.39 is 11.6 Å². The first kappa shape index (κ1) is 14.3. The third kappa shape index (κ3) is 3.26. The number of benzene rings is 1. The molecule has 2 nitrogen and oxygen atoms in total. The van der Waals surface area contributed by atoms with Crippen LogP contribution < -0.4 is 5.32 Å². The van der Waals surface area contributed by atoms with Gasteiger partial charge in [-0.1, -0.05) is 44.5 Å². The summed E-state index contributed by atoms with van der Waals surface area (Å²) < 4.78 is 27.1. The molecule has 1 aromatic rings. The maximum absolute atomic E-state index is 13.5. The van der Waals surface area contributed by atoms with Crippen molar-refractivity contribution in [1.82, 2.24) is 0 Å². The molecule has 2 rings (SSSR count). The Labute approximate surface area is 116 Å². The van der Waals surface area contributed by atoms with Crippen LogP contribution in [0.3, 0.4) is 0 Å². The van der Waals surface area contributed by atoms with Crippen molar-refractivity contribution in [1.29, 1.82) is 0 Å². The van der Waals surface area contributed by atoms with Crippen LogP contribution >= 0.6 is 11.8 Å². The molecule has 1 aromatic carbocycles. The zero-order chi connectivity index (χ0) is 13.8. The molecule has 0 fully saturated rings. The Morgan fingerprint density at radius 2 is 1.95 bits per heavy atom. The summed E-state index contributed by atoms with van der Waals surface area (Å²) in [5, 5.41) is 3.79. The number of halogens is 2. The molecule has 0 spiro atoms. The van der Waals surface area contributed by atoms with Crippen LogP contribution in [0.25, 0.3) is 0 Å². The quantitative estimate of drug-likeness (QED) is 0.892. The van der Waals surface area contributed by atoms with Crippen molar-refractivity contribution < 1.29 is 8.78 Å². The highest BCUT2D eigenvalue weighted by Crippen LogP contribution is 2.32. The topological polar surface area (TPSA) is 24.4 Å². The molecular formula is C14H18F2N2S. The van der Waals surface area contributed by atoms with E-state index in [0.717, 1.165) is 19.4 Å². The Hall–Kier alpha value is -1.10. The van der Waals surface area contributed by atoms with Crippen molar-refractivity contribution in [2.24, 2.45) is 10.9 Å². The summed E-state index contributed by atoms with van der Waals surface area (Å²) in [6.07, 6.45) is 2.20. The minimum atomic E-state index is -0.589. The predicted octanol–water partition coefficient (Wildman–Crippen LogP) is 4.28. The van der Waals surface area contributed by atoms with Crippen molar-refractivity contribution in [3.05, 3.63) is 29.8 Å². The SMILES string of the molecule is CCC(CC)C1CN=C(Nc2c(F)cccc2F)S1. The summed E-state index contributed by atoms with van der Waals surface area (Å²) in [5.41, 5.74) is -0.112. The molecule has 1 aliphatic heterocycles. The van der Waals surface area contributed by atoms with E-state index in [1.807, 2.05) is 0 Å². The van der Waals surface area contributed by atoms with Gasteiger partial charge < -0.3 is 5.32 Å². The zero-order valence-corrected chi connectivity index (χ0v) is 11.9. The van der Waals surface area contributed by atoms with E-state index in [1.165, 1.54) is 18.2 Å². The zero-order valence-electron chi connectivity index (χ0n) is 11.1. The van der Waals surface area contributed by atoms with Gasteiger partial charge in [0.15, 0.2) is 5.17 Å². The Morgan fingerprint density at radius 3 is 2.53 bits per heavy atom. The van der Waals surface area contributed by atoms with E-state index in [9.17, 15) is 8.78 Å². The largest absolute Gasteiger partial charge is 0.330 e. The summed E-state index contributed by atoms with van der Waals surface area (Å²) in [7, 11) is 0. The fraction of sp³-hybridized carbons (Fsp3) is 0.500. The van der Waals surface area contributed by atoms with Gasteiger partial charge in [-0.05, 0) is 18.1 Å². The van der Waals surface area contributed by atoms with Crippen LogP contribution in [0.1, 0.15) is 26.7 Å². The van der Waals surface area contributed by atoms with Gasteiger partial charge >= 0.3 is 0 Å². The van der Waals surface area contributed by atoms with Gasteiger partial charge in [-0.3, -0.25) is 4.99 Å². The van der Waals surface area contributed by atoms with Crippen LogP contribution in [0.2, 0.25) is 0 Å². The number of hydrogen-bond donors (Lipinski definition) is 1. The van der Waals surface area contributed by atoms with Gasteiger partial charge in [0.2, 0.25) is 0 Å². The standard InChI is InChI=1S/C14H18F2N2S/c1-3-9(4-2)12-8-17-14(19-12)18-13-10(15)6-5-7-11(13)16/h5-7,9,12H,3-4,8H2,1-2H3,(H,17,18). The summed E-state index contributed by atoms with van der Waals surface area (Å²) in [5.74, 6) is -0.581. The van der Waals surface area contributed by atoms with Crippen LogP contribution in [0.4, 0.5) is 14.5 Å². The second-order valence-corrected chi connectivity index (χ2v) is 5.83. The van der Waals surface area contributed by atoms with Crippen molar-refractivity contribution >= 4 is 22.6 Å². The number of nitrogens with one attached hydrogen (secondary N) is 1. The number of amidine groups is 1. The van der Waals surface area contributed by atoms with Crippen molar-refractivity contribution in [3.8, 4) is 0 Å². The minimum absolute atomic E-state index is 0.112. The van der Waals surface area contributed by atoms with Crippen molar-refractivity contribution in [2.75, 3.05) is 11.9 Å². The van der Waals surface area contributed by atoms with E-state index in [4.69, 9.17) is 0 Å². The molecule has 0 saturated carbocycles. The lowest BCUT2D eigenvalue weighted by atomic mass is 9.99. The van der Waals surface area contributed by atoms with Gasteiger partial charge in [0, 0.05) is 5.25 Å². The highest BCUT2D eigenvalue weighted by molar-refractivity contribution is 8.15. The smallest absolute Gasteiger partial charge is 0.161 e. The van der Waals surface area contributed by atoms with Gasteiger partial charge in [-0.2, -0.15) is 0 Å². The summed E-state index contributed by atoms with van der Waals surface area (Å²) >= 11 is 1.59. The molecule has 0 saturated heterocycles. The number of hydrogen-bond acceptors (Lipinski definition) is 3. The summed E-state index contributed by atoms with van der Waals surface area (Å²) in [6.45, 7) is 5.04. The van der Waals surface area contributed by atoms with Gasteiger partial charge in [0.1, 0.15) is 17.3 Å². The van der Waals surface area contributed by atoms with Crippen molar-refractivity contribution in [2.45, 2.75) is 31.9 Å². The first-order chi connectivity index (χ1) is 9.15. The highest BCUT2D eigenvalue weighted by atomic mass is 32.2. The van der Waals surface area contributed by atoms with E-state index in [1.54, 1.807) is 11.8 Å². The lowest BCUT2D eigenvalue weighted by Crippen LogP contribution is -2.18. The van der Waals surface area contributed by atoms with Gasteiger partial charge in [-0.25, -0.2) is 8.78 Å². The highest BCUT2D eigenvalue weighted by Gasteiger charge is 2.26. The third-order valence-electron chi connectivity index (χ3n) is 3.45. The molecule has 0 aromatic heterocycles. The first-order valence-electron chi connectivity index (χ1n) is 6.57. The molecule has 1 heterocycles. The normalized spacial score (nSPS) is 18.8. The number of nitrogens with zero attached hydrogens (tertiary/aromatic N) is 1. The molecule has 1 N–H and O–H groups in total. The average Bonchev–Trinajstić information content (AvgIpc) is 2.84. The van der Waals surface area contributed by atoms with Crippen LogP contribution in [-0.4, -0.2) is 17.0 Å². The van der Waals surface area contributed by atoms with E-state index >= 15 is 0 Å². The Morgan fingerprint density at radius 1 is 1.32 bits per heavy atom. The van der Waals surface area contributed by atoms with Crippen LogP contribution in [0.15, 0.2) is 23.2 Å². The number of thioether (sulfide) groups is 1. The molecule has 0 amide bonds. The monoisotopic (exact) mass is 284 g/mol. The van der Waals surface area contributed by atoms with E-state index in [0.29, 0.717) is 16.3 Å². The maximum Gasteiger partial charge on any atom is 0.161 e.